The van der Waals surface area contributed by atoms with E-state index >= 15 is 0 Å². The molecular formula is C25H32ClN3O4. The van der Waals surface area contributed by atoms with Gasteiger partial charge in [0.25, 0.3) is 0 Å². The second kappa shape index (κ2) is 12.7. The van der Waals surface area contributed by atoms with Crippen molar-refractivity contribution in [3.8, 4) is 0 Å². The molecule has 0 bridgehead atoms. The highest BCUT2D eigenvalue weighted by Gasteiger charge is 2.27. The van der Waals surface area contributed by atoms with Crippen LogP contribution < -0.4 is 0 Å². The molecule has 0 spiro atoms. The second-order valence-corrected chi connectivity index (χ2v) is 8.98. The van der Waals surface area contributed by atoms with E-state index in [9.17, 15) is 0 Å². The van der Waals surface area contributed by atoms with Crippen LogP contribution in [0.25, 0.3) is 0 Å². The zero-order chi connectivity index (χ0) is 23.6. The van der Waals surface area contributed by atoms with E-state index in [1.807, 2.05) is 6.07 Å². The molecule has 7 nitrogen and oxygen atoms in total. The summed E-state index contributed by atoms with van der Waals surface area (Å²) in [5.41, 5.74) is 2.76. The Labute approximate surface area is 200 Å². The summed E-state index contributed by atoms with van der Waals surface area (Å²) in [5.74, 6) is -3.65. The molecule has 0 saturated carbocycles. The number of hydrogen-bond donors (Lipinski definition) is 2. The van der Waals surface area contributed by atoms with Crippen molar-refractivity contribution in [2.75, 3.05) is 39.3 Å². The highest BCUT2D eigenvalue weighted by molar-refractivity contribution is 6.30. The molecule has 178 valence electrons. The SMILES string of the molecule is Clc1cccc(CN2CCN(C3CCN(Cc4ccccc4)CC3)CC2)c1.O=C(O)C(=O)O. The molecule has 2 heterocycles. The molecule has 0 atom stereocenters. The van der Waals surface area contributed by atoms with Gasteiger partial charge in [0, 0.05) is 50.3 Å². The Morgan fingerprint density at radius 1 is 0.758 bits per heavy atom. The Balaban J connectivity index is 0.000000454. The number of carboxylic acids is 2. The van der Waals surface area contributed by atoms with Crippen molar-refractivity contribution in [3.63, 3.8) is 0 Å². The van der Waals surface area contributed by atoms with Crippen LogP contribution >= 0.6 is 11.6 Å². The highest BCUT2D eigenvalue weighted by atomic mass is 35.5. The third-order valence-corrected chi connectivity index (χ3v) is 6.44. The van der Waals surface area contributed by atoms with E-state index in [2.05, 4.69) is 63.2 Å². The van der Waals surface area contributed by atoms with Crippen LogP contribution in [0.15, 0.2) is 54.6 Å². The third-order valence-electron chi connectivity index (χ3n) is 6.21. The first-order valence-electron chi connectivity index (χ1n) is 11.3. The number of piperazine rings is 1. The van der Waals surface area contributed by atoms with Gasteiger partial charge in [0.1, 0.15) is 0 Å². The smallest absolute Gasteiger partial charge is 0.414 e. The normalized spacial score (nSPS) is 18.3. The predicted octanol–water partition coefficient (Wildman–Crippen LogP) is 3.28. The number of nitrogens with zero attached hydrogens (tertiary/aromatic N) is 3. The predicted molar refractivity (Wildman–Crippen MR) is 128 cm³/mol. The Morgan fingerprint density at radius 3 is 1.88 bits per heavy atom. The minimum atomic E-state index is -1.82. The van der Waals surface area contributed by atoms with Gasteiger partial charge in [0.2, 0.25) is 0 Å². The van der Waals surface area contributed by atoms with Gasteiger partial charge in [-0.05, 0) is 49.2 Å². The number of benzene rings is 2. The number of likely N-dealkylation sites (tertiary alicyclic amines) is 1. The summed E-state index contributed by atoms with van der Waals surface area (Å²) >= 11 is 6.12. The minimum Gasteiger partial charge on any atom is -0.473 e. The third kappa shape index (κ3) is 8.44. The van der Waals surface area contributed by atoms with Gasteiger partial charge in [-0.3, -0.25) is 14.7 Å². The standard InChI is InChI=1S/C23H30ClN3.C2H2O4/c24-22-8-4-7-21(17-22)19-26-13-15-27(16-14-26)23-9-11-25(12-10-23)18-20-5-2-1-3-6-20;3-1(4)2(5)6/h1-8,17,23H,9-16,18-19H2;(H,3,4)(H,5,6). The summed E-state index contributed by atoms with van der Waals surface area (Å²) in [7, 11) is 0. The molecule has 2 aromatic rings. The van der Waals surface area contributed by atoms with Crippen LogP contribution in [0.5, 0.6) is 0 Å². The van der Waals surface area contributed by atoms with E-state index in [-0.39, 0.29) is 0 Å². The quantitative estimate of drug-likeness (QED) is 0.644. The fourth-order valence-electron chi connectivity index (χ4n) is 4.46. The van der Waals surface area contributed by atoms with E-state index < -0.39 is 11.9 Å². The van der Waals surface area contributed by atoms with Crippen LogP contribution in [0.2, 0.25) is 5.02 Å². The van der Waals surface area contributed by atoms with Crippen molar-refractivity contribution in [2.45, 2.75) is 32.0 Å². The van der Waals surface area contributed by atoms with Gasteiger partial charge in [-0.15, -0.1) is 0 Å². The van der Waals surface area contributed by atoms with Gasteiger partial charge in [0.15, 0.2) is 0 Å². The first-order chi connectivity index (χ1) is 15.9. The monoisotopic (exact) mass is 473 g/mol. The van der Waals surface area contributed by atoms with Gasteiger partial charge in [-0.25, -0.2) is 9.59 Å². The van der Waals surface area contributed by atoms with Crippen molar-refractivity contribution in [3.05, 3.63) is 70.7 Å². The lowest BCUT2D eigenvalue weighted by Gasteiger charge is -2.43. The molecular weight excluding hydrogens is 442 g/mol. The highest BCUT2D eigenvalue weighted by Crippen LogP contribution is 2.21. The van der Waals surface area contributed by atoms with E-state index in [1.54, 1.807) is 0 Å². The number of rotatable bonds is 5. The number of aliphatic carboxylic acids is 2. The van der Waals surface area contributed by atoms with E-state index in [4.69, 9.17) is 31.4 Å². The van der Waals surface area contributed by atoms with Gasteiger partial charge >= 0.3 is 11.9 Å². The van der Waals surface area contributed by atoms with E-state index in [0.29, 0.717) is 0 Å². The van der Waals surface area contributed by atoms with Crippen molar-refractivity contribution in [1.29, 1.82) is 0 Å². The molecule has 8 heteroatoms. The number of piperidine rings is 1. The molecule has 2 fully saturated rings. The summed E-state index contributed by atoms with van der Waals surface area (Å²) in [6, 6.07) is 19.9. The summed E-state index contributed by atoms with van der Waals surface area (Å²) in [6.45, 7) is 9.29. The summed E-state index contributed by atoms with van der Waals surface area (Å²) < 4.78 is 0. The lowest BCUT2D eigenvalue weighted by atomic mass is 10.0. The molecule has 2 N–H and O–H groups in total. The van der Waals surface area contributed by atoms with Gasteiger partial charge in [0.05, 0.1) is 0 Å². The lowest BCUT2D eigenvalue weighted by Crippen LogP contribution is -2.52. The van der Waals surface area contributed by atoms with Crippen molar-refractivity contribution in [1.82, 2.24) is 14.7 Å². The summed E-state index contributed by atoms with van der Waals surface area (Å²) in [5, 5.41) is 15.6. The Morgan fingerprint density at radius 2 is 1.30 bits per heavy atom. The van der Waals surface area contributed by atoms with Crippen LogP contribution in [0.3, 0.4) is 0 Å². The Kier molecular flexibility index (Phi) is 9.69. The van der Waals surface area contributed by atoms with E-state index in [0.717, 1.165) is 37.2 Å². The number of hydrogen-bond acceptors (Lipinski definition) is 5. The molecule has 2 saturated heterocycles. The molecule has 2 aromatic carbocycles. The molecule has 4 rings (SSSR count). The van der Waals surface area contributed by atoms with Crippen LogP contribution in [0.4, 0.5) is 0 Å². The van der Waals surface area contributed by atoms with Crippen LogP contribution in [0, 0.1) is 0 Å². The van der Waals surface area contributed by atoms with Crippen LogP contribution in [-0.4, -0.2) is 82.2 Å². The maximum Gasteiger partial charge on any atom is 0.414 e. The second-order valence-electron chi connectivity index (χ2n) is 8.55. The number of carbonyl (C=O) groups is 2. The summed E-state index contributed by atoms with van der Waals surface area (Å²) in [6.07, 6.45) is 2.61. The van der Waals surface area contributed by atoms with Crippen molar-refractivity contribution >= 4 is 23.5 Å². The maximum atomic E-state index is 9.10. The molecule has 0 amide bonds. The molecule has 2 aliphatic heterocycles. The number of halogens is 1. The number of carboxylic acid groups (broad SMARTS) is 2. The molecule has 0 unspecified atom stereocenters. The van der Waals surface area contributed by atoms with Gasteiger partial charge in [-0.1, -0.05) is 54.1 Å². The molecule has 0 aliphatic carbocycles. The molecule has 0 aromatic heterocycles. The molecule has 0 radical (unpaired) electrons. The van der Waals surface area contributed by atoms with Crippen molar-refractivity contribution < 1.29 is 19.8 Å². The van der Waals surface area contributed by atoms with Crippen LogP contribution in [-0.2, 0) is 22.7 Å². The average Bonchev–Trinajstić information content (AvgIpc) is 2.81. The summed E-state index contributed by atoms with van der Waals surface area (Å²) in [4.78, 5) is 26.1. The maximum absolute atomic E-state index is 9.10. The zero-order valence-corrected chi connectivity index (χ0v) is 19.5. The van der Waals surface area contributed by atoms with Crippen molar-refractivity contribution in [2.24, 2.45) is 0 Å². The first kappa shape index (κ1) is 25.2. The zero-order valence-electron chi connectivity index (χ0n) is 18.8. The lowest BCUT2D eigenvalue weighted by molar-refractivity contribution is -0.159. The Hall–Kier alpha value is -2.45. The average molecular weight is 474 g/mol. The molecule has 2 aliphatic rings. The topological polar surface area (TPSA) is 84.3 Å². The fourth-order valence-corrected chi connectivity index (χ4v) is 4.68. The Bertz CT molecular complexity index is 884. The largest absolute Gasteiger partial charge is 0.473 e. The van der Waals surface area contributed by atoms with Gasteiger partial charge in [-0.2, -0.15) is 0 Å². The fraction of sp³-hybridized carbons (Fsp3) is 0.440. The van der Waals surface area contributed by atoms with E-state index in [1.165, 1.54) is 50.1 Å². The minimum absolute atomic E-state index is 0.769. The van der Waals surface area contributed by atoms with Crippen LogP contribution in [0.1, 0.15) is 24.0 Å². The van der Waals surface area contributed by atoms with Gasteiger partial charge < -0.3 is 10.2 Å². The molecule has 33 heavy (non-hydrogen) atoms. The first-order valence-corrected chi connectivity index (χ1v) is 11.7.